The molecule has 5 nitrogen and oxygen atoms in total. The van der Waals surface area contributed by atoms with E-state index in [0.717, 1.165) is 11.6 Å². The molecule has 9 heteroatoms. The number of hydrogen-bond acceptors (Lipinski definition) is 4. The minimum absolute atomic E-state index is 0.00141. The second-order valence-electron chi connectivity index (χ2n) is 6.26. The lowest BCUT2D eigenvalue weighted by Crippen LogP contribution is -2.57. The Kier molecular flexibility index (Phi) is 5.85. The maximum absolute atomic E-state index is 13.5. The van der Waals surface area contributed by atoms with Gasteiger partial charge in [-0.05, 0) is 30.2 Å². The first kappa shape index (κ1) is 20.1. The summed E-state index contributed by atoms with van der Waals surface area (Å²) in [6, 6.07) is 11.8. The molecule has 28 heavy (non-hydrogen) atoms. The van der Waals surface area contributed by atoms with Crippen molar-refractivity contribution >= 4 is 23.1 Å². The molecule has 0 radical (unpaired) electrons. The lowest BCUT2D eigenvalue weighted by molar-refractivity contribution is -0.139. The molecule has 148 valence electrons. The van der Waals surface area contributed by atoms with Gasteiger partial charge in [-0.1, -0.05) is 42.5 Å². The molecule has 1 aliphatic rings. The van der Waals surface area contributed by atoms with E-state index in [9.17, 15) is 18.0 Å². The molecule has 1 atom stereocenters. The van der Waals surface area contributed by atoms with Gasteiger partial charge in [0, 0.05) is 12.1 Å². The zero-order chi connectivity index (χ0) is 20.3. The lowest BCUT2D eigenvalue weighted by Gasteiger charge is -2.41. The highest BCUT2D eigenvalue weighted by Crippen LogP contribution is 2.38. The summed E-state index contributed by atoms with van der Waals surface area (Å²) in [6.07, 6.45) is -4.18. The molecule has 1 heterocycles. The van der Waals surface area contributed by atoms with Gasteiger partial charge in [0.15, 0.2) is 0 Å². The van der Waals surface area contributed by atoms with Crippen LogP contribution >= 0.6 is 12.2 Å². The van der Waals surface area contributed by atoms with E-state index in [1.54, 1.807) is 35.8 Å². The van der Waals surface area contributed by atoms with Crippen molar-refractivity contribution in [3.63, 3.8) is 0 Å². The minimum Gasteiger partial charge on any atom is -0.488 e. The lowest BCUT2D eigenvalue weighted by atomic mass is 10.00. The van der Waals surface area contributed by atoms with E-state index in [2.05, 4.69) is 0 Å². The average Bonchev–Trinajstić information content (AvgIpc) is 2.65. The Labute approximate surface area is 164 Å². The van der Waals surface area contributed by atoms with Crippen LogP contribution in [0.15, 0.2) is 48.5 Å². The Balaban J connectivity index is 1.82. The third kappa shape index (κ3) is 4.26. The maximum atomic E-state index is 13.5. The fourth-order valence-corrected chi connectivity index (χ4v) is 3.23. The summed E-state index contributed by atoms with van der Waals surface area (Å²) in [5, 5.41) is 8.75. The first-order valence-electron chi connectivity index (χ1n) is 8.44. The SMILES string of the molecule is O=C(NO)[C@H]1CCN1C(=S)c1ccc(OCc2ccccc2)c(C(F)(F)F)c1. The summed E-state index contributed by atoms with van der Waals surface area (Å²) in [4.78, 5) is 13.2. The molecule has 3 rings (SSSR count). The molecule has 1 fully saturated rings. The number of hydrogen-bond donors (Lipinski definition) is 2. The number of carbonyl (C=O) groups is 1. The standard InChI is InChI=1S/C19H17F3N2O3S/c20-19(21,22)14-10-13(18(28)24-9-8-15(24)17(25)23-26)6-7-16(14)27-11-12-4-2-1-3-5-12/h1-7,10,15,26H,8-9,11H2,(H,23,25)/t15-/m1/s1. The minimum atomic E-state index is -4.63. The monoisotopic (exact) mass is 410 g/mol. The summed E-state index contributed by atoms with van der Waals surface area (Å²) >= 11 is 5.26. The predicted molar refractivity (Wildman–Crippen MR) is 99.0 cm³/mol. The van der Waals surface area contributed by atoms with Gasteiger partial charge >= 0.3 is 6.18 Å². The van der Waals surface area contributed by atoms with Crippen molar-refractivity contribution in [1.29, 1.82) is 0 Å². The van der Waals surface area contributed by atoms with Gasteiger partial charge in [-0.2, -0.15) is 13.2 Å². The second kappa shape index (κ2) is 8.15. The van der Waals surface area contributed by atoms with Gasteiger partial charge in [0.25, 0.3) is 5.91 Å². The molecule has 1 amide bonds. The summed E-state index contributed by atoms with van der Waals surface area (Å²) in [6.45, 7) is 0.420. The van der Waals surface area contributed by atoms with Crippen molar-refractivity contribution in [2.45, 2.75) is 25.2 Å². The molecule has 0 aliphatic carbocycles. The van der Waals surface area contributed by atoms with E-state index >= 15 is 0 Å². The number of nitrogens with one attached hydrogen (secondary N) is 1. The van der Waals surface area contributed by atoms with Crippen LogP contribution in [0.2, 0.25) is 0 Å². The number of likely N-dealkylation sites (tertiary alicyclic amines) is 1. The number of thiocarbonyl (C=S) groups is 1. The van der Waals surface area contributed by atoms with Gasteiger partial charge in [-0.3, -0.25) is 10.0 Å². The van der Waals surface area contributed by atoms with Gasteiger partial charge in [-0.25, -0.2) is 5.48 Å². The van der Waals surface area contributed by atoms with Crippen LogP contribution in [0.4, 0.5) is 13.2 Å². The van der Waals surface area contributed by atoms with Crippen molar-refractivity contribution in [3.8, 4) is 5.75 Å². The summed E-state index contributed by atoms with van der Waals surface area (Å²) in [5.74, 6) is -0.941. The fraction of sp³-hybridized carbons (Fsp3) is 0.263. The Morgan fingerprint density at radius 3 is 2.54 bits per heavy atom. The number of rotatable bonds is 5. The predicted octanol–water partition coefficient (Wildman–Crippen LogP) is 3.54. The largest absolute Gasteiger partial charge is 0.488 e. The molecule has 2 aromatic rings. The summed E-state index contributed by atoms with van der Waals surface area (Å²) < 4.78 is 46.0. The highest BCUT2D eigenvalue weighted by molar-refractivity contribution is 7.80. The zero-order valence-electron chi connectivity index (χ0n) is 14.6. The number of alkyl halides is 3. The van der Waals surface area contributed by atoms with E-state index in [0.29, 0.717) is 13.0 Å². The third-order valence-electron chi connectivity index (χ3n) is 4.46. The topological polar surface area (TPSA) is 61.8 Å². The van der Waals surface area contributed by atoms with Crippen LogP contribution in [-0.2, 0) is 17.6 Å². The molecule has 0 aromatic heterocycles. The number of carbonyl (C=O) groups excluding carboxylic acids is 1. The first-order chi connectivity index (χ1) is 13.3. The number of hydroxylamine groups is 1. The van der Waals surface area contributed by atoms with Crippen LogP contribution in [0.1, 0.15) is 23.1 Å². The summed E-state index contributed by atoms with van der Waals surface area (Å²) in [7, 11) is 0. The van der Waals surface area contributed by atoms with Crippen LogP contribution in [-0.4, -0.2) is 33.6 Å². The van der Waals surface area contributed by atoms with Crippen molar-refractivity contribution in [2.24, 2.45) is 0 Å². The number of nitrogens with zero attached hydrogens (tertiary/aromatic N) is 1. The molecule has 0 bridgehead atoms. The van der Waals surface area contributed by atoms with Gasteiger partial charge in [0.2, 0.25) is 0 Å². The number of halogens is 3. The van der Waals surface area contributed by atoms with Crippen LogP contribution in [0.25, 0.3) is 0 Å². The Morgan fingerprint density at radius 2 is 1.96 bits per heavy atom. The van der Waals surface area contributed by atoms with Gasteiger partial charge in [0.05, 0.1) is 5.56 Å². The van der Waals surface area contributed by atoms with Crippen LogP contribution in [0, 0.1) is 0 Å². The van der Waals surface area contributed by atoms with Crippen molar-refractivity contribution in [1.82, 2.24) is 10.4 Å². The molecule has 0 spiro atoms. The highest BCUT2D eigenvalue weighted by atomic mass is 32.1. The fourth-order valence-electron chi connectivity index (χ4n) is 2.89. The Morgan fingerprint density at radius 1 is 1.25 bits per heavy atom. The van der Waals surface area contributed by atoms with Gasteiger partial charge in [-0.15, -0.1) is 0 Å². The molecular weight excluding hydrogens is 393 g/mol. The normalized spacial score (nSPS) is 16.3. The maximum Gasteiger partial charge on any atom is 0.419 e. The van der Waals surface area contributed by atoms with Crippen molar-refractivity contribution in [3.05, 3.63) is 65.2 Å². The van der Waals surface area contributed by atoms with Crippen molar-refractivity contribution in [2.75, 3.05) is 6.54 Å². The van der Waals surface area contributed by atoms with E-state index < -0.39 is 23.7 Å². The number of amides is 1. The second-order valence-corrected chi connectivity index (χ2v) is 6.65. The molecule has 0 saturated carbocycles. The van der Waals surface area contributed by atoms with Crippen molar-refractivity contribution < 1.29 is 27.9 Å². The van der Waals surface area contributed by atoms with E-state index in [4.69, 9.17) is 22.2 Å². The van der Waals surface area contributed by atoms with Gasteiger partial charge in [0.1, 0.15) is 23.4 Å². The Bertz CT molecular complexity index is 874. The zero-order valence-corrected chi connectivity index (χ0v) is 15.4. The van der Waals surface area contributed by atoms with E-state index in [-0.39, 0.29) is 22.9 Å². The molecule has 2 aromatic carbocycles. The molecular formula is C19H17F3N2O3S. The van der Waals surface area contributed by atoms with E-state index in [1.807, 2.05) is 0 Å². The average molecular weight is 410 g/mol. The first-order valence-corrected chi connectivity index (χ1v) is 8.85. The highest BCUT2D eigenvalue weighted by Gasteiger charge is 2.38. The number of benzene rings is 2. The molecule has 0 unspecified atom stereocenters. The van der Waals surface area contributed by atoms with Crippen LogP contribution in [0.3, 0.4) is 0 Å². The van der Waals surface area contributed by atoms with Crippen LogP contribution in [0.5, 0.6) is 5.75 Å². The third-order valence-corrected chi connectivity index (χ3v) is 4.93. The molecule has 1 saturated heterocycles. The quantitative estimate of drug-likeness (QED) is 0.449. The van der Waals surface area contributed by atoms with Crippen LogP contribution < -0.4 is 10.2 Å². The molecule has 2 N–H and O–H groups in total. The smallest absolute Gasteiger partial charge is 0.419 e. The van der Waals surface area contributed by atoms with E-state index in [1.165, 1.54) is 17.0 Å². The Hall–Kier alpha value is -2.65. The van der Waals surface area contributed by atoms with Gasteiger partial charge < -0.3 is 9.64 Å². The number of ether oxygens (including phenoxy) is 1. The summed E-state index contributed by atoms with van der Waals surface area (Å²) in [5.41, 5.74) is 1.50. The molecule has 1 aliphatic heterocycles.